The number of methoxy groups -OCH3 is 1. The minimum Gasteiger partial charge on any atom is -0.497 e. The summed E-state index contributed by atoms with van der Waals surface area (Å²) in [6, 6.07) is 9.94. The maximum atomic E-state index is 12.4. The summed E-state index contributed by atoms with van der Waals surface area (Å²) in [4.78, 5) is 4.22. The lowest BCUT2D eigenvalue weighted by molar-refractivity contribution is 0.292. The Morgan fingerprint density at radius 1 is 1.12 bits per heavy atom. The molecule has 0 N–H and O–H groups in total. The van der Waals surface area contributed by atoms with Crippen molar-refractivity contribution in [3.63, 3.8) is 0 Å². The number of hydrogen-bond donors (Lipinski definition) is 0. The molecule has 180 valence electrons. The average molecular weight is 464 g/mol. The first-order valence-corrected chi connectivity index (χ1v) is 11.9. The maximum Gasteiger partial charge on any atom is 0.118 e. The molecule has 0 spiro atoms. The van der Waals surface area contributed by atoms with Crippen molar-refractivity contribution in [2.45, 2.75) is 80.3 Å². The topological polar surface area (TPSA) is 22.1 Å². The zero-order chi connectivity index (χ0) is 24.9. The number of ether oxygens (including phenoxy) is 1. The zero-order valence-corrected chi connectivity index (χ0v) is 22.1. The number of halogens is 2. The fourth-order valence-electron chi connectivity index (χ4n) is 2.50. The Morgan fingerprint density at radius 2 is 1.66 bits per heavy atom. The minimum atomic E-state index is -0.537. The molecule has 4 heteroatoms. The van der Waals surface area contributed by atoms with Crippen LogP contribution < -0.4 is 4.74 Å². The van der Waals surface area contributed by atoms with Gasteiger partial charge in [-0.25, -0.2) is 4.39 Å². The lowest BCUT2D eigenvalue weighted by atomic mass is 10.1. The highest BCUT2D eigenvalue weighted by atomic mass is 35.5. The van der Waals surface area contributed by atoms with Crippen LogP contribution in [0.25, 0.3) is 11.1 Å². The largest absolute Gasteiger partial charge is 0.497 e. The number of aromatic nitrogens is 1. The third kappa shape index (κ3) is 14.8. The average Bonchev–Trinajstić information content (AvgIpc) is 2.82. The van der Waals surface area contributed by atoms with E-state index in [4.69, 9.17) is 16.3 Å². The lowest BCUT2D eigenvalue weighted by Gasteiger charge is -2.04. The Morgan fingerprint density at radius 3 is 2.06 bits per heavy atom. The Bertz CT molecular complexity index is 751. The van der Waals surface area contributed by atoms with E-state index < -0.39 is 6.17 Å². The highest BCUT2D eigenvalue weighted by molar-refractivity contribution is 6.48. The standard InChI is InChI=1S/C11H12ClN.C8H10O.C7H15F.C2H6/c1-4-9-6-10(11(12)5-2)8(3)13-7-9;1-7-3-5-8(9-2)6-4-7;1-3-5-7(8)6-4-2;1-2/h4-7H,1H2,2-3H3;3-6H,1-2H3;7H,3-6H2,1-2H3;1-2H3/b11-5+;;;. The fourth-order valence-corrected chi connectivity index (χ4v) is 2.69. The van der Waals surface area contributed by atoms with E-state index in [9.17, 15) is 4.39 Å². The van der Waals surface area contributed by atoms with Crippen molar-refractivity contribution in [1.82, 2.24) is 4.98 Å². The summed E-state index contributed by atoms with van der Waals surface area (Å²) in [5.41, 5.74) is 4.16. The molecule has 0 bridgehead atoms. The van der Waals surface area contributed by atoms with Gasteiger partial charge in [0.1, 0.15) is 11.9 Å². The molecule has 1 aromatic heterocycles. The molecule has 0 atom stereocenters. The molecule has 1 aromatic carbocycles. The summed E-state index contributed by atoms with van der Waals surface area (Å²) in [5.74, 6) is 0.917. The Hall–Kier alpha value is -2.13. The predicted molar refractivity (Wildman–Crippen MR) is 142 cm³/mol. The van der Waals surface area contributed by atoms with E-state index in [1.165, 1.54) is 5.56 Å². The van der Waals surface area contributed by atoms with Gasteiger partial charge in [-0.05, 0) is 57.4 Å². The van der Waals surface area contributed by atoms with E-state index in [0.717, 1.165) is 53.3 Å². The number of aryl methyl sites for hydroxylation is 2. The number of rotatable bonds is 7. The summed E-state index contributed by atoms with van der Waals surface area (Å²) in [6.45, 7) is 17.6. The van der Waals surface area contributed by atoms with Gasteiger partial charge in [-0.15, -0.1) is 0 Å². The van der Waals surface area contributed by atoms with Gasteiger partial charge in [0.15, 0.2) is 0 Å². The van der Waals surface area contributed by atoms with Crippen molar-refractivity contribution < 1.29 is 9.13 Å². The van der Waals surface area contributed by atoms with Crippen molar-refractivity contribution in [2.75, 3.05) is 7.11 Å². The summed E-state index contributed by atoms with van der Waals surface area (Å²) in [7, 11) is 1.67. The summed E-state index contributed by atoms with van der Waals surface area (Å²) in [6.07, 6.45) is 8.30. The molecule has 0 saturated carbocycles. The first-order chi connectivity index (χ1) is 15.3. The SMILES string of the molecule is C=Cc1cnc(C)c(/C(Cl)=C\C)c1.CC.CCCC(F)CCC.COc1ccc(C)cc1. The van der Waals surface area contributed by atoms with E-state index in [2.05, 4.69) is 18.5 Å². The molecule has 0 amide bonds. The van der Waals surface area contributed by atoms with Crippen LogP contribution in [0.15, 0.2) is 49.2 Å². The molecule has 2 aromatic rings. The second kappa shape index (κ2) is 20.8. The number of alkyl halides is 1. The fraction of sp³-hybridized carbons (Fsp3) is 0.464. The molecule has 0 saturated heterocycles. The van der Waals surface area contributed by atoms with Crippen LogP contribution >= 0.6 is 11.6 Å². The van der Waals surface area contributed by atoms with Crippen LogP contribution in [0.5, 0.6) is 5.75 Å². The second-order valence-corrected chi connectivity index (χ2v) is 7.34. The molecule has 0 unspecified atom stereocenters. The first-order valence-electron chi connectivity index (χ1n) is 11.5. The summed E-state index contributed by atoms with van der Waals surface area (Å²) < 4.78 is 17.4. The lowest BCUT2D eigenvalue weighted by Crippen LogP contribution is -1.96. The van der Waals surface area contributed by atoms with E-state index in [1.54, 1.807) is 19.4 Å². The molecule has 2 rings (SSSR count). The van der Waals surface area contributed by atoms with Crippen molar-refractivity contribution in [3.8, 4) is 5.75 Å². The van der Waals surface area contributed by atoms with Crippen LogP contribution in [0.4, 0.5) is 4.39 Å². The van der Waals surface area contributed by atoms with E-state index in [0.29, 0.717) is 0 Å². The van der Waals surface area contributed by atoms with Crippen LogP contribution in [-0.4, -0.2) is 18.3 Å². The number of nitrogens with zero attached hydrogens (tertiary/aromatic N) is 1. The highest BCUT2D eigenvalue weighted by Crippen LogP contribution is 2.22. The van der Waals surface area contributed by atoms with Gasteiger partial charge in [-0.1, -0.05) is 88.6 Å². The molecule has 0 aliphatic rings. The number of hydrogen-bond acceptors (Lipinski definition) is 2. The smallest absolute Gasteiger partial charge is 0.118 e. The molecule has 0 radical (unpaired) electrons. The van der Waals surface area contributed by atoms with Crippen LogP contribution in [0.3, 0.4) is 0 Å². The van der Waals surface area contributed by atoms with Gasteiger partial charge in [0.2, 0.25) is 0 Å². The molecule has 0 fully saturated rings. The molecule has 2 nitrogen and oxygen atoms in total. The van der Waals surface area contributed by atoms with Crippen molar-refractivity contribution in [3.05, 3.63) is 71.6 Å². The molecule has 1 heterocycles. The number of pyridine rings is 1. The third-order valence-electron chi connectivity index (χ3n) is 4.32. The Balaban J connectivity index is 0. The van der Waals surface area contributed by atoms with E-state index in [-0.39, 0.29) is 0 Å². The van der Waals surface area contributed by atoms with Crippen LogP contribution in [0.2, 0.25) is 0 Å². The van der Waals surface area contributed by atoms with Gasteiger partial charge in [-0.3, -0.25) is 4.98 Å². The molecule has 0 aliphatic carbocycles. The molecular weight excluding hydrogens is 421 g/mol. The molecule has 32 heavy (non-hydrogen) atoms. The van der Waals surface area contributed by atoms with Crippen molar-refractivity contribution >= 4 is 22.7 Å². The molecular formula is C28H43ClFNO. The zero-order valence-electron chi connectivity index (χ0n) is 21.3. The maximum absolute atomic E-state index is 12.4. The van der Waals surface area contributed by atoms with Crippen LogP contribution in [-0.2, 0) is 0 Å². The first kappa shape index (κ1) is 32.1. The van der Waals surface area contributed by atoms with Gasteiger partial charge in [0.25, 0.3) is 0 Å². The second-order valence-electron chi connectivity index (χ2n) is 6.93. The highest BCUT2D eigenvalue weighted by Gasteiger charge is 2.03. The van der Waals surface area contributed by atoms with E-state index >= 15 is 0 Å². The van der Waals surface area contributed by atoms with Gasteiger partial charge in [0.05, 0.1) is 7.11 Å². The van der Waals surface area contributed by atoms with Crippen LogP contribution in [0, 0.1) is 13.8 Å². The summed E-state index contributed by atoms with van der Waals surface area (Å²) in [5, 5.41) is 0.730. The van der Waals surface area contributed by atoms with Gasteiger partial charge < -0.3 is 4.74 Å². The van der Waals surface area contributed by atoms with Gasteiger partial charge >= 0.3 is 0 Å². The minimum absolute atomic E-state index is 0.537. The number of allylic oxidation sites excluding steroid dienone is 1. The number of benzene rings is 1. The third-order valence-corrected chi connectivity index (χ3v) is 4.74. The predicted octanol–water partition coefficient (Wildman–Crippen LogP) is 9.59. The Kier molecular flexibility index (Phi) is 20.8. The van der Waals surface area contributed by atoms with Crippen molar-refractivity contribution in [1.29, 1.82) is 0 Å². The van der Waals surface area contributed by atoms with E-state index in [1.807, 2.05) is 78.0 Å². The van der Waals surface area contributed by atoms with Gasteiger partial charge in [-0.2, -0.15) is 0 Å². The Labute approximate surface area is 201 Å². The summed E-state index contributed by atoms with van der Waals surface area (Å²) >= 11 is 6.01. The normalized spacial score (nSPS) is 10.0. The van der Waals surface area contributed by atoms with Crippen LogP contribution in [0.1, 0.15) is 82.7 Å². The quantitative estimate of drug-likeness (QED) is 0.407. The monoisotopic (exact) mass is 463 g/mol. The molecule has 0 aliphatic heterocycles. The van der Waals surface area contributed by atoms with Gasteiger partial charge in [0, 0.05) is 22.5 Å². The van der Waals surface area contributed by atoms with Crippen molar-refractivity contribution in [2.24, 2.45) is 0 Å².